The number of nitrogen functional groups attached to an aromatic ring is 1. The van der Waals surface area contributed by atoms with Gasteiger partial charge in [0.25, 0.3) is 10.0 Å². The van der Waals surface area contributed by atoms with Gasteiger partial charge in [0.15, 0.2) is 5.03 Å². The maximum absolute atomic E-state index is 12.0. The number of aryl methyl sites for hydroxylation is 1. The molecule has 0 aliphatic carbocycles. The maximum Gasteiger partial charge on any atom is 0.279 e. The molecule has 0 unspecified atom stereocenters. The highest BCUT2D eigenvalue weighted by atomic mass is 32.2. The van der Waals surface area contributed by atoms with Gasteiger partial charge in [-0.2, -0.15) is 13.7 Å². The van der Waals surface area contributed by atoms with E-state index in [1.165, 1.54) is 24.4 Å². The Labute approximate surface area is 110 Å². The number of aromatic amines is 1. The van der Waals surface area contributed by atoms with E-state index in [0.717, 1.165) is 0 Å². The number of anilines is 2. The van der Waals surface area contributed by atoms with Gasteiger partial charge >= 0.3 is 0 Å². The van der Waals surface area contributed by atoms with E-state index in [1.807, 2.05) is 6.07 Å². The zero-order chi connectivity index (χ0) is 14.0. The van der Waals surface area contributed by atoms with E-state index in [4.69, 9.17) is 11.0 Å². The fourth-order valence-corrected chi connectivity index (χ4v) is 2.53. The number of aromatic nitrogens is 2. The molecule has 98 valence electrons. The number of nitrogens with zero attached hydrogens (tertiary/aromatic N) is 2. The van der Waals surface area contributed by atoms with Crippen molar-refractivity contribution in [1.29, 1.82) is 5.26 Å². The van der Waals surface area contributed by atoms with Crippen LogP contribution in [0.5, 0.6) is 0 Å². The second-order valence-electron chi connectivity index (χ2n) is 3.86. The van der Waals surface area contributed by atoms with E-state index >= 15 is 0 Å². The lowest BCUT2D eigenvalue weighted by molar-refractivity contribution is 0.598. The minimum Gasteiger partial charge on any atom is -0.399 e. The van der Waals surface area contributed by atoms with E-state index in [-0.39, 0.29) is 16.3 Å². The van der Waals surface area contributed by atoms with Crippen LogP contribution in [0.3, 0.4) is 0 Å². The molecule has 0 aliphatic rings. The molecule has 2 rings (SSSR count). The van der Waals surface area contributed by atoms with Gasteiger partial charge in [-0.05, 0) is 25.1 Å². The van der Waals surface area contributed by atoms with Crippen LogP contribution in [0.25, 0.3) is 0 Å². The quantitative estimate of drug-likeness (QED) is 0.721. The molecule has 7 nitrogen and oxygen atoms in total. The average Bonchev–Trinajstić information content (AvgIpc) is 2.79. The Hall–Kier alpha value is -2.53. The molecule has 2 aromatic rings. The highest BCUT2D eigenvalue weighted by Gasteiger charge is 2.18. The largest absolute Gasteiger partial charge is 0.399 e. The third-order valence-electron chi connectivity index (χ3n) is 2.38. The molecule has 4 N–H and O–H groups in total. The second kappa shape index (κ2) is 4.62. The normalized spacial score (nSPS) is 10.9. The summed E-state index contributed by atoms with van der Waals surface area (Å²) in [4.78, 5) is 6.44. The molecule has 19 heavy (non-hydrogen) atoms. The lowest BCUT2D eigenvalue weighted by atomic mass is 10.2. The molecule has 0 atom stereocenters. The van der Waals surface area contributed by atoms with Crippen molar-refractivity contribution in [2.24, 2.45) is 0 Å². The third kappa shape index (κ3) is 2.66. The van der Waals surface area contributed by atoms with Crippen molar-refractivity contribution < 1.29 is 8.42 Å². The maximum atomic E-state index is 12.0. The summed E-state index contributed by atoms with van der Waals surface area (Å²) < 4.78 is 26.4. The molecule has 0 amide bonds. The summed E-state index contributed by atoms with van der Waals surface area (Å²) >= 11 is 0. The van der Waals surface area contributed by atoms with Crippen LogP contribution >= 0.6 is 0 Å². The first kappa shape index (κ1) is 12.9. The van der Waals surface area contributed by atoms with Gasteiger partial charge in [-0.3, -0.25) is 4.72 Å². The van der Waals surface area contributed by atoms with Crippen LogP contribution in [-0.2, 0) is 10.0 Å². The average molecular weight is 277 g/mol. The predicted molar refractivity (Wildman–Crippen MR) is 69.7 cm³/mol. The number of nitrogens with one attached hydrogen (secondary N) is 2. The highest BCUT2D eigenvalue weighted by molar-refractivity contribution is 7.92. The summed E-state index contributed by atoms with van der Waals surface area (Å²) in [5.74, 6) is 0.484. The van der Waals surface area contributed by atoms with Gasteiger partial charge in [0.2, 0.25) is 0 Å². The van der Waals surface area contributed by atoms with Gasteiger partial charge in [-0.25, -0.2) is 4.98 Å². The Bertz CT molecular complexity index is 758. The molecule has 0 radical (unpaired) electrons. The number of hydrogen-bond donors (Lipinski definition) is 3. The number of nitrogens with two attached hydrogens (primary N) is 1. The first-order valence-electron chi connectivity index (χ1n) is 5.26. The van der Waals surface area contributed by atoms with Gasteiger partial charge in [0, 0.05) is 5.69 Å². The van der Waals surface area contributed by atoms with Gasteiger partial charge in [0.05, 0.1) is 17.4 Å². The van der Waals surface area contributed by atoms with Crippen LogP contribution in [-0.4, -0.2) is 18.4 Å². The molecule has 0 bridgehead atoms. The summed E-state index contributed by atoms with van der Waals surface area (Å²) in [6.45, 7) is 1.64. The zero-order valence-corrected chi connectivity index (χ0v) is 10.8. The standard InChI is InChI=1S/C11H11N5O2S/c1-7-14-6-11(15-7)19(17,18)16-10-3-2-9(13)4-8(10)5-12/h2-4,6,16H,13H2,1H3,(H,14,15). The van der Waals surface area contributed by atoms with E-state index in [1.54, 1.807) is 6.92 Å². The highest BCUT2D eigenvalue weighted by Crippen LogP contribution is 2.21. The topological polar surface area (TPSA) is 125 Å². The smallest absolute Gasteiger partial charge is 0.279 e. The number of rotatable bonds is 3. The summed E-state index contributed by atoms with van der Waals surface area (Å²) in [7, 11) is -3.80. The van der Waals surface area contributed by atoms with Crippen molar-refractivity contribution in [2.75, 3.05) is 10.5 Å². The molecule has 0 saturated carbocycles. The molecule has 0 saturated heterocycles. The van der Waals surface area contributed by atoms with Crippen LogP contribution in [0.4, 0.5) is 11.4 Å². The Kier molecular flexibility index (Phi) is 3.14. The van der Waals surface area contributed by atoms with Crippen LogP contribution in [0, 0.1) is 18.3 Å². The number of hydrogen-bond acceptors (Lipinski definition) is 5. The molecular formula is C11H11N5O2S. The van der Waals surface area contributed by atoms with Gasteiger partial charge in [0.1, 0.15) is 11.9 Å². The number of benzene rings is 1. The second-order valence-corrected chi connectivity index (χ2v) is 5.51. The molecule has 1 heterocycles. The molecule has 8 heteroatoms. The summed E-state index contributed by atoms with van der Waals surface area (Å²) in [6.07, 6.45) is 1.21. The number of imidazole rings is 1. The molecule has 1 aromatic heterocycles. The van der Waals surface area contributed by atoms with Crippen molar-refractivity contribution in [3.05, 3.63) is 35.8 Å². The zero-order valence-electron chi connectivity index (χ0n) is 10.0. The first-order valence-corrected chi connectivity index (χ1v) is 6.75. The monoisotopic (exact) mass is 277 g/mol. The van der Waals surface area contributed by atoms with Gasteiger partial charge in [-0.1, -0.05) is 0 Å². The minimum atomic E-state index is -3.80. The predicted octanol–water partition coefficient (Wildman–Crippen LogP) is 0.973. The van der Waals surface area contributed by atoms with Crippen LogP contribution in [0.15, 0.2) is 29.4 Å². The SMILES string of the molecule is Cc1ncc(S(=O)(=O)Nc2ccc(N)cc2C#N)[nH]1. The van der Waals surface area contributed by atoms with Crippen molar-refractivity contribution in [3.8, 4) is 6.07 Å². The molecule has 0 fully saturated rings. The summed E-state index contributed by atoms with van der Waals surface area (Å²) in [5.41, 5.74) is 6.25. The number of sulfonamides is 1. The Morgan fingerprint density at radius 3 is 2.79 bits per heavy atom. The van der Waals surface area contributed by atoms with E-state index in [0.29, 0.717) is 11.5 Å². The van der Waals surface area contributed by atoms with Crippen LogP contribution < -0.4 is 10.5 Å². The van der Waals surface area contributed by atoms with E-state index < -0.39 is 10.0 Å². The van der Waals surface area contributed by atoms with Crippen LogP contribution in [0.2, 0.25) is 0 Å². The Balaban J connectivity index is 2.39. The Morgan fingerprint density at radius 2 is 2.21 bits per heavy atom. The number of H-pyrrole nitrogens is 1. The van der Waals surface area contributed by atoms with Crippen molar-refractivity contribution in [3.63, 3.8) is 0 Å². The molecule has 1 aromatic carbocycles. The van der Waals surface area contributed by atoms with Crippen LogP contribution in [0.1, 0.15) is 11.4 Å². The molecule has 0 aliphatic heterocycles. The van der Waals surface area contributed by atoms with Gasteiger partial charge in [-0.15, -0.1) is 0 Å². The van der Waals surface area contributed by atoms with Crippen molar-refractivity contribution in [1.82, 2.24) is 9.97 Å². The van der Waals surface area contributed by atoms with E-state index in [9.17, 15) is 8.42 Å². The number of nitriles is 1. The lowest BCUT2D eigenvalue weighted by Crippen LogP contribution is -2.14. The summed E-state index contributed by atoms with van der Waals surface area (Å²) in [6, 6.07) is 6.23. The van der Waals surface area contributed by atoms with Crippen molar-refractivity contribution >= 4 is 21.4 Å². The minimum absolute atomic E-state index is 0.0642. The fraction of sp³-hybridized carbons (Fsp3) is 0.0909. The Morgan fingerprint density at radius 1 is 1.47 bits per heavy atom. The lowest BCUT2D eigenvalue weighted by Gasteiger charge is -2.08. The van der Waals surface area contributed by atoms with E-state index in [2.05, 4.69) is 14.7 Å². The third-order valence-corrected chi connectivity index (χ3v) is 3.65. The fourth-order valence-electron chi connectivity index (χ4n) is 1.48. The van der Waals surface area contributed by atoms with Crippen molar-refractivity contribution in [2.45, 2.75) is 11.9 Å². The molecular weight excluding hydrogens is 266 g/mol. The molecule has 0 spiro atoms. The summed E-state index contributed by atoms with van der Waals surface area (Å²) in [5, 5.41) is 8.89. The first-order chi connectivity index (χ1) is 8.92. The van der Waals surface area contributed by atoms with Gasteiger partial charge < -0.3 is 10.7 Å².